The molecule has 0 spiro atoms. The van der Waals surface area contributed by atoms with Gasteiger partial charge in [-0.05, 0) is 43.7 Å². The molecule has 10 heteroatoms. The molecule has 0 saturated carbocycles. The molecule has 1 aliphatic heterocycles. The second kappa shape index (κ2) is 9.35. The number of ether oxygens (including phenoxy) is 1. The Bertz CT molecular complexity index is 1170. The molecule has 1 aliphatic rings. The zero-order valence-corrected chi connectivity index (χ0v) is 18.0. The number of nitrogens with zero attached hydrogens (tertiary/aromatic N) is 3. The van der Waals surface area contributed by atoms with Crippen LogP contribution in [0.2, 0.25) is 0 Å². The van der Waals surface area contributed by atoms with Gasteiger partial charge in [0.25, 0.3) is 12.3 Å². The number of alkyl halides is 2. The van der Waals surface area contributed by atoms with Gasteiger partial charge in [0, 0.05) is 29.1 Å². The van der Waals surface area contributed by atoms with Gasteiger partial charge in [0.05, 0.1) is 25.3 Å². The molecule has 0 bridgehead atoms. The van der Waals surface area contributed by atoms with Gasteiger partial charge in [-0.1, -0.05) is 0 Å². The lowest BCUT2D eigenvalue weighted by atomic mass is 10.1. The Kier molecular flexibility index (Phi) is 6.34. The summed E-state index contributed by atoms with van der Waals surface area (Å²) < 4.78 is 35.0. The Labute approximate surface area is 188 Å². The van der Waals surface area contributed by atoms with Crippen molar-refractivity contribution in [2.24, 2.45) is 0 Å². The summed E-state index contributed by atoms with van der Waals surface area (Å²) in [7, 11) is 0. The Hall–Kier alpha value is -3.82. The third-order valence-corrected chi connectivity index (χ3v) is 5.40. The average molecular weight is 456 g/mol. The van der Waals surface area contributed by atoms with Gasteiger partial charge in [-0.25, -0.2) is 18.7 Å². The molecule has 4 rings (SSSR count). The molecule has 1 N–H and O–H groups in total. The van der Waals surface area contributed by atoms with Crippen LogP contribution in [0.4, 0.5) is 14.6 Å². The molecular weight excluding hydrogens is 434 g/mol. The maximum absolute atomic E-state index is 13.1. The monoisotopic (exact) mass is 456 g/mol. The number of aryl methyl sites for hydroxylation is 1. The van der Waals surface area contributed by atoms with Crippen molar-refractivity contribution in [3.8, 4) is 5.88 Å². The Morgan fingerprint density at radius 3 is 2.85 bits per heavy atom. The number of furan rings is 1. The van der Waals surface area contributed by atoms with Gasteiger partial charge in [-0.3, -0.25) is 9.59 Å². The van der Waals surface area contributed by atoms with Crippen molar-refractivity contribution in [1.29, 1.82) is 0 Å². The SMILES string of the molecule is Cc1cc(C(C)N2Cc3c(ccnc3NC(=O)Cc3ccco3)C2=O)cnc1OCC(F)F. The number of hydrogen-bond acceptors (Lipinski definition) is 6. The van der Waals surface area contributed by atoms with Crippen LogP contribution in [-0.4, -0.2) is 39.7 Å². The first-order valence-electron chi connectivity index (χ1n) is 10.3. The van der Waals surface area contributed by atoms with Crippen molar-refractivity contribution < 1.29 is 27.5 Å². The van der Waals surface area contributed by atoms with E-state index >= 15 is 0 Å². The third kappa shape index (κ3) is 4.84. The van der Waals surface area contributed by atoms with Gasteiger partial charge in [-0.2, -0.15) is 0 Å². The summed E-state index contributed by atoms with van der Waals surface area (Å²) in [5.41, 5.74) is 2.42. The van der Waals surface area contributed by atoms with Crippen LogP contribution in [0.5, 0.6) is 5.88 Å². The van der Waals surface area contributed by atoms with Crippen LogP contribution in [0.25, 0.3) is 0 Å². The van der Waals surface area contributed by atoms with E-state index in [2.05, 4.69) is 15.3 Å². The molecule has 8 nitrogen and oxygen atoms in total. The summed E-state index contributed by atoms with van der Waals surface area (Å²) in [5.74, 6) is 0.488. The fraction of sp³-hybridized carbons (Fsp3) is 0.304. The number of pyridine rings is 2. The molecule has 3 aromatic rings. The van der Waals surface area contributed by atoms with E-state index in [1.165, 1.54) is 18.7 Å². The van der Waals surface area contributed by atoms with Crippen molar-refractivity contribution in [3.63, 3.8) is 0 Å². The molecule has 2 amide bonds. The second-order valence-corrected chi connectivity index (χ2v) is 7.69. The van der Waals surface area contributed by atoms with Crippen molar-refractivity contribution in [1.82, 2.24) is 14.9 Å². The standard InChI is InChI=1S/C23H22F2N4O4/c1-13-8-15(10-27-22(13)33-12-19(24)25)14(2)29-11-18-17(23(29)31)5-6-26-21(18)28-20(30)9-16-4-3-7-32-16/h3-8,10,14,19H,9,11-12H2,1-2H3,(H,26,28,30). The average Bonchev–Trinajstić information content (AvgIpc) is 3.40. The van der Waals surface area contributed by atoms with Gasteiger partial charge in [0.2, 0.25) is 11.8 Å². The van der Waals surface area contributed by atoms with Crippen LogP contribution in [0, 0.1) is 6.92 Å². The summed E-state index contributed by atoms with van der Waals surface area (Å²) in [4.78, 5) is 35.5. The maximum atomic E-state index is 13.1. The highest BCUT2D eigenvalue weighted by Gasteiger charge is 2.34. The van der Waals surface area contributed by atoms with Crippen LogP contribution in [0.1, 0.15) is 45.8 Å². The lowest BCUT2D eigenvalue weighted by molar-refractivity contribution is -0.115. The molecule has 0 saturated heterocycles. The van der Waals surface area contributed by atoms with Crippen LogP contribution >= 0.6 is 0 Å². The number of nitrogens with one attached hydrogen (secondary N) is 1. The van der Waals surface area contributed by atoms with Crippen molar-refractivity contribution >= 4 is 17.6 Å². The number of anilines is 1. The molecule has 0 aromatic carbocycles. The summed E-state index contributed by atoms with van der Waals surface area (Å²) >= 11 is 0. The van der Waals surface area contributed by atoms with E-state index in [0.717, 1.165) is 5.56 Å². The Morgan fingerprint density at radius 1 is 1.33 bits per heavy atom. The summed E-state index contributed by atoms with van der Waals surface area (Å²) in [6.07, 6.45) is 1.95. The topological polar surface area (TPSA) is 97.6 Å². The number of hydrogen-bond donors (Lipinski definition) is 1. The molecule has 0 radical (unpaired) electrons. The van der Waals surface area contributed by atoms with E-state index in [-0.39, 0.29) is 36.7 Å². The van der Waals surface area contributed by atoms with Gasteiger partial charge in [-0.15, -0.1) is 0 Å². The van der Waals surface area contributed by atoms with Crippen LogP contribution in [-0.2, 0) is 17.8 Å². The molecular formula is C23H22F2N4O4. The number of halogens is 2. The van der Waals surface area contributed by atoms with Gasteiger partial charge in [0.1, 0.15) is 11.6 Å². The molecule has 4 heterocycles. The number of aromatic nitrogens is 2. The van der Waals surface area contributed by atoms with E-state index in [9.17, 15) is 18.4 Å². The quantitative estimate of drug-likeness (QED) is 0.552. The predicted molar refractivity (Wildman–Crippen MR) is 114 cm³/mol. The first-order valence-corrected chi connectivity index (χ1v) is 10.3. The lowest BCUT2D eigenvalue weighted by Gasteiger charge is -2.25. The maximum Gasteiger partial charge on any atom is 0.272 e. The molecule has 33 heavy (non-hydrogen) atoms. The number of carbonyl (C=O) groups excluding carboxylic acids is 2. The van der Waals surface area contributed by atoms with Gasteiger partial charge in [0.15, 0.2) is 6.61 Å². The van der Waals surface area contributed by atoms with Crippen LogP contribution in [0.15, 0.2) is 47.3 Å². The summed E-state index contributed by atoms with van der Waals surface area (Å²) in [5, 5.41) is 2.76. The van der Waals surface area contributed by atoms with E-state index < -0.39 is 13.0 Å². The number of amides is 2. The minimum Gasteiger partial charge on any atom is -0.471 e. The molecule has 1 atom stereocenters. The highest BCUT2D eigenvalue weighted by molar-refractivity contribution is 6.01. The summed E-state index contributed by atoms with van der Waals surface area (Å²) in [6, 6.07) is 6.44. The third-order valence-electron chi connectivity index (χ3n) is 5.40. The van der Waals surface area contributed by atoms with Gasteiger partial charge < -0.3 is 19.4 Å². The first-order chi connectivity index (χ1) is 15.8. The smallest absolute Gasteiger partial charge is 0.272 e. The Morgan fingerprint density at radius 2 is 2.15 bits per heavy atom. The van der Waals surface area contributed by atoms with Crippen molar-refractivity contribution in [3.05, 3.63) is 70.9 Å². The van der Waals surface area contributed by atoms with Crippen molar-refractivity contribution in [2.45, 2.75) is 39.3 Å². The lowest BCUT2D eigenvalue weighted by Crippen LogP contribution is -2.27. The normalized spacial score (nSPS) is 13.8. The molecule has 0 aliphatic carbocycles. The van der Waals surface area contributed by atoms with Crippen LogP contribution in [0.3, 0.4) is 0 Å². The molecule has 1 unspecified atom stereocenters. The molecule has 3 aromatic heterocycles. The zero-order valence-electron chi connectivity index (χ0n) is 18.0. The predicted octanol–water partition coefficient (Wildman–Crippen LogP) is 3.92. The minimum atomic E-state index is -2.59. The number of rotatable bonds is 8. The number of carbonyl (C=O) groups is 2. The molecule has 172 valence electrons. The highest BCUT2D eigenvalue weighted by Crippen LogP contribution is 2.34. The fourth-order valence-electron chi connectivity index (χ4n) is 3.70. The minimum absolute atomic E-state index is 0.0529. The molecule has 0 fully saturated rings. The van der Waals surface area contributed by atoms with E-state index in [4.69, 9.17) is 9.15 Å². The zero-order chi connectivity index (χ0) is 23.5. The number of fused-ring (bicyclic) bond motifs is 1. The summed E-state index contributed by atoms with van der Waals surface area (Å²) in [6.45, 7) is 3.08. The Balaban J connectivity index is 1.49. The first kappa shape index (κ1) is 22.4. The fourth-order valence-corrected chi connectivity index (χ4v) is 3.70. The van der Waals surface area contributed by atoms with Crippen molar-refractivity contribution in [2.75, 3.05) is 11.9 Å². The van der Waals surface area contributed by atoms with Crippen LogP contribution < -0.4 is 10.1 Å². The second-order valence-electron chi connectivity index (χ2n) is 7.69. The van der Waals surface area contributed by atoms with E-state index in [1.54, 1.807) is 36.1 Å². The van der Waals surface area contributed by atoms with Gasteiger partial charge >= 0.3 is 0 Å². The largest absolute Gasteiger partial charge is 0.471 e. The highest BCUT2D eigenvalue weighted by atomic mass is 19.3. The van der Waals surface area contributed by atoms with E-state index in [1.807, 2.05) is 6.92 Å². The van der Waals surface area contributed by atoms with E-state index in [0.29, 0.717) is 28.3 Å².